The number of aromatic amines is 1. The quantitative estimate of drug-likeness (QED) is 0.362. The number of hydrogen-bond donors (Lipinski definition) is 4. The first-order valence-corrected chi connectivity index (χ1v) is 8.51. The third kappa shape index (κ3) is 7.62. The number of pyridine rings is 1. The lowest BCUT2D eigenvalue weighted by molar-refractivity contribution is -1.01. The van der Waals surface area contributed by atoms with Crippen molar-refractivity contribution in [2.24, 2.45) is 0 Å². The van der Waals surface area contributed by atoms with Crippen LogP contribution in [0, 0.1) is 0 Å². The van der Waals surface area contributed by atoms with Gasteiger partial charge in [0.2, 0.25) is 0 Å². The van der Waals surface area contributed by atoms with Crippen LogP contribution in [0.25, 0.3) is 0 Å². The van der Waals surface area contributed by atoms with E-state index in [0.717, 1.165) is 31.0 Å². The number of quaternary nitrogens is 3. The van der Waals surface area contributed by atoms with E-state index in [9.17, 15) is 0 Å². The second-order valence-electron chi connectivity index (χ2n) is 6.66. The number of rotatable bonds is 4. The van der Waals surface area contributed by atoms with Gasteiger partial charge in [0.25, 0.3) is 0 Å². The van der Waals surface area contributed by atoms with Crippen molar-refractivity contribution < 1.29 is 70.1 Å². The van der Waals surface area contributed by atoms with Crippen molar-refractivity contribution in [2.75, 3.05) is 31.9 Å². The minimum atomic E-state index is 0. The third-order valence-corrected chi connectivity index (χ3v) is 5.02. The van der Waals surface area contributed by atoms with Crippen molar-refractivity contribution in [3.63, 3.8) is 0 Å². The number of nitrogen functional groups attached to an aromatic ring is 1. The number of anilines is 1. The molecule has 9 heteroatoms. The molecule has 3 rings (SSSR count). The zero-order valence-corrected chi connectivity index (χ0v) is 18.5. The predicted molar refractivity (Wildman–Crippen MR) is 90.6 cm³/mol. The summed E-state index contributed by atoms with van der Waals surface area (Å²) < 4.78 is 0. The van der Waals surface area contributed by atoms with Crippen LogP contribution in [-0.2, 0) is 6.42 Å². The van der Waals surface area contributed by atoms with Crippen LogP contribution in [0.15, 0.2) is 42.5 Å². The molecule has 2 aromatic rings. The molecule has 0 spiro atoms. The lowest BCUT2D eigenvalue weighted by Crippen LogP contribution is -3.28. The second kappa shape index (κ2) is 13.4. The highest BCUT2D eigenvalue weighted by Crippen LogP contribution is 2.05. The van der Waals surface area contributed by atoms with Gasteiger partial charge in [-0.15, -0.1) is 4.98 Å². The minimum Gasteiger partial charge on any atom is -1.00 e. The average Bonchev–Trinajstić information content (AvgIpc) is 2.58. The van der Waals surface area contributed by atoms with Crippen LogP contribution in [0.3, 0.4) is 0 Å². The van der Waals surface area contributed by atoms with Gasteiger partial charge in [-0.05, 0) is 18.6 Å². The summed E-state index contributed by atoms with van der Waals surface area (Å²) in [5.41, 5.74) is 12.0. The van der Waals surface area contributed by atoms with Gasteiger partial charge in [0, 0.05) is 6.42 Å². The van der Waals surface area contributed by atoms with Crippen molar-refractivity contribution in [3.05, 3.63) is 48.0 Å². The fourth-order valence-corrected chi connectivity index (χ4v) is 3.50. The van der Waals surface area contributed by atoms with Crippen LogP contribution in [0.1, 0.15) is 12.5 Å². The number of nitrogens with two attached hydrogens (primary N) is 1. The van der Waals surface area contributed by atoms with Crippen molar-refractivity contribution >= 4 is 17.3 Å². The van der Waals surface area contributed by atoms with E-state index >= 15 is 0 Å². The van der Waals surface area contributed by atoms with Crippen LogP contribution < -0.4 is 75.9 Å². The molecule has 2 heterocycles. The molecule has 1 aromatic heterocycles. The summed E-state index contributed by atoms with van der Waals surface area (Å²) in [6.45, 7) is 7.07. The molecule has 1 unspecified atom stereocenters. The summed E-state index contributed by atoms with van der Waals surface area (Å²) in [5.74, 6) is 2.03. The maximum absolute atomic E-state index is 5.85. The lowest BCUT2D eigenvalue weighted by Gasteiger charge is -2.31. The summed E-state index contributed by atoms with van der Waals surface area (Å²) in [6, 6.07) is 15.5. The van der Waals surface area contributed by atoms with Gasteiger partial charge < -0.3 is 60.3 Å². The topological polar surface area (TPSA) is 76.7 Å². The van der Waals surface area contributed by atoms with Crippen LogP contribution in [0.4, 0.5) is 17.3 Å². The molecule has 1 fully saturated rings. The molecular formula is C18H29Cl4N5. The fraction of sp³-hybridized carbons (Fsp3) is 0.389. The molecule has 0 aliphatic carbocycles. The zero-order chi connectivity index (χ0) is 16.2. The standard InChI is InChI=1S/C18H25N5.4ClH/c1-14(13-15-5-3-2-4-6-15)22-9-11-23(12-10-22)17-8-7-16(19)18(20)21-17;;;;/h2-8,14H,9-13,19H2,1H3,(H2,20,21);4*1H. The van der Waals surface area contributed by atoms with Crippen LogP contribution in [0.2, 0.25) is 0 Å². The van der Waals surface area contributed by atoms with Gasteiger partial charge in [0.05, 0.1) is 12.1 Å². The SMILES string of the molecule is CC(Cc1ccccc1)[NH+]1CC[NH+](c2ccc(N)c([NH3+])[nH+]2)CC1.[Cl-].[Cl-].[Cl-].[Cl-]. The molecule has 1 saturated heterocycles. The Balaban J connectivity index is 0. The third-order valence-electron chi connectivity index (χ3n) is 5.02. The first kappa shape index (κ1) is 28.4. The molecule has 27 heavy (non-hydrogen) atoms. The van der Waals surface area contributed by atoms with Crippen LogP contribution in [0.5, 0.6) is 0 Å². The molecule has 0 saturated carbocycles. The largest absolute Gasteiger partial charge is 1.00 e. The molecule has 154 valence electrons. The first-order valence-electron chi connectivity index (χ1n) is 8.51. The summed E-state index contributed by atoms with van der Waals surface area (Å²) in [4.78, 5) is 6.56. The number of hydrogen-bond acceptors (Lipinski definition) is 1. The van der Waals surface area contributed by atoms with Gasteiger partial charge in [0.15, 0.2) is 5.69 Å². The zero-order valence-electron chi connectivity index (χ0n) is 15.5. The Bertz CT molecular complexity index is 651. The number of piperazine rings is 1. The number of halogens is 4. The van der Waals surface area contributed by atoms with Gasteiger partial charge in [-0.3, -0.25) is 5.73 Å². The van der Waals surface area contributed by atoms with Gasteiger partial charge in [0.1, 0.15) is 26.2 Å². The summed E-state index contributed by atoms with van der Waals surface area (Å²) in [7, 11) is 0. The van der Waals surface area contributed by atoms with Gasteiger partial charge in [-0.1, -0.05) is 30.3 Å². The van der Waals surface area contributed by atoms with Gasteiger partial charge in [-0.25, -0.2) is 4.90 Å². The Labute approximate surface area is 186 Å². The molecule has 1 aromatic carbocycles. The van der Waals surface area contributed by atoms with E-state index in [4.69, 9.17) is 5.73 Å². The number of H-pyrrole nitrogens is 1. The fourth-order valence-electron chi connectivity index (χ4n) is 3.50. The molecule has 0 radical (unpaired) electrons. The Hall–Kier alpha value is -0.790. The van der Waals surface area contributed by atoms with E-state index < -0.39 is 0 Å². The monoisotopic (exact) mass is 455 g/mol. The molecule has 5 nitrogen and oxygen atoms in total. The minimum absolute atomic E-state index is 0. The van der Waals surface area contributed by atoms with Crippen molar-refractivity contribution in [1.82, 2.24) is 0 Å². The van der Waals surface area contributed by atoms with Crippen molar-refractivity contribution in [1.29, 1.82) is 0 Å². The number of benzene rings is 1. The Morgan fingerprint density at radius 1 is 0.963 bits per heavy atom. The molecular weight excluding hydrogens is 428 g/mol. The second-order valence-corrected chi connectivity index (χ2v) is 6.66. The highest BCUT2D eigenvalue weighted by Gasteiger charge is 2.31. The first-order chi connectivity index (χ1) is 11.1. The molecule has 1 aliphatic rings. The lowest BCUT2D eigenvalue weighted by atomic mass is 10.1. The summed E-state index contributed by atoms with van der Waals surface area (Å²) >= 11 is 0. The maximum Gasteiger partial charge on any atom is 0.390 e. The number of nitrogens with one attached hydrogen (secondary N) is 3. The van der Waals surface area contributed by atoms with E-state index in [1.807, 2.05) is 6.07 Å². The molecule has 1 aliphatic heterocycles. The molecule has 1 atom stereocenters. The normalized spacial score (nSPS) is 19.3. The van der Waals surface area contributed by atoms with Crippen molar-refractivity contribution in [2.45, 2.75) is 19.4 Å². The van der Waals surface area contributed by atoms with Crippen LogP contribution >= 0.6 is 0 Å². The van der Waals surface area contributed by atoms with Crippen LogP contribution in [-0.4, -0.2) is 32.2 Å². The van der Waals surface area contributed by atoms with Gasteiger partial charge in [-0.2, -0.15) is 0 Å². The van der Waals surface area contributed by atoms with E-state index in [0.29, 0.717) is 6.04 Å². The average molecular weight is 457 g/mol. The van der Waals surface area contributed by atoms with E-state index in [1.165, 1.54) is 29.4 Å². The molecule has 8 N–H and O–H groups in total. The Kier molecular flexibility index (Phi) is 14.1. The molecule has 0 bridgehead atoms. The van der Waals surface area contributed by atoms with E-state index in [-0.39, 0.29) is 49.6 Å². The van der Waals surface area contributed by atoms with Gasteiger partial charge >= 0.3 is 11.6 Å². The molecule has 0 amide bonds. The highest BCUT2D eigenvalue weighted by atomic mass is 35.5. The van der Waals surface area contributed by atoms with E-state index in [1.54, 1.807) is 4.90 Å². The summed E-state index contributed by atoms with van der Waals surface area (Å²) in [5, 5.41) is 0. The Morgan fingerprint density at radius 3 is 2.11 bits per heavy atom. The van der Waals surface area contributed by atoms with Crippen molar-refractivity contribution in [3.8, 4) is 0 Å². The number of aromatic nitrogens is 1. The summed E-state index contributed by atoms with van der Waals surface area (Å²) in [6.07, 6.45) is 1.16. The highest BCUT2D eigenvalue weighted by molar-refractivity contribution is 5.49. The maximum atomic E-state index is 5.85. The smallest absolute Gasteiger partial charge is 0.390 e. The Morgan fingerprint density at radius 2 is 1.56 bits per heavy atom. The van der Waals surface area contributed by atoms with E-state index in [2.05, 4.69) is 54.0 Å². The predicted octanol–water partition coefficient (Wildman–Crippen LogP) is -14.0.